The van der Waals surface area contributed by atoms with Crippen LogP contribution in [0.15, 0.2) is 35.7 Å². The Balaban J connectivity index is 1.84. The zero-order valence-electron chi connectivity index (χ0n) is 13.9. The van der Waals surface area contributed by atoms with E-state index in [4.69, 9.17) is 9.47 Å². The minimum absolute atomic E-state index is 0.0244. The van der Waals surface area contributed by atoms with E-state index in [0.717, 1.165) is 11.3 Å². The fourth-order valence-electron chi connectivity index (χ4n) is 3.30. The van der Waals surface area contributed by atoms with Gasteiger partial charge in [0.25, 0.3) is 0 Å². The molecule has 1 fully saturated rings. The lowest BCUT2D eigenvalue weighted by Crippen LogP contribution is -2.72. The van der Waals surface area contributed by atoms with Gasteiger partial charge in [-0.3, -0.25) is 4.79 Å². The molecule has 2 aromatic rings. The van der Waals surface area contributed by atoms with Crippen molar-refractivity contribution in [3.05, 3.63) is 46.2 Å². The van der Waals surface area contributed by atoms with Crippen LogP contribution in [-0.2, 0) is 0 Å². The highest BCUT2D eigenvalue weighted by molar-refractivity contribution is 7.12. The molecule has 2 aliphatic rings. The second-order valence-corrected chi connectivity index (χ2v) is 7.22. The van der Waals surface area contributed by atoms with Gasteiger partial charge in [-0.1, -0.05) is 12.1 Å². The van der Waals surface area contributed by atoms with Crippen molar-refractivity contribution >= 4 is 23.2 Å². The molecule has 4 rings (SSSR count). The summed E-state index contributed by atoms with van der Waals surface area (Å²) in [7, 11) is 0. The van der Waals surface area contributed by atoms with E-state index in [1.165, 1.54) is 41.0 Å². The van der Waals surface area contributed by atoms with E-state index in [1.54, 1.807) is 0 Å². The normalized spacial score (nSPS) is 26.5. The number of hydrogen-bond acceptors (Lipinski definition) is 6. The molecule has 11 heteroatoms. The van der Waals surface area contributed by atoms with Crippen LogP contribution in [0.4, 0.5) is 18.0 Å². The third-order valence-electron chi connectivity index (χ3n) is 4.61. The molecule has 3 heterocycles. The van der Waals surface area contributed by atoms with Crippen molar-refractivity contribution in [3.8, 4) is 11.5 Å². The number of fused-ring (bicyclic) bond motifs is 1. The Bertz CT molecular complexity index is 933. The first kappa shape index (κ1) is 18.6. The molecule has 1 aromatic heterocycles. The molecule has 0 unspecified atom stereocenters. The quantitative estimate of drug-likeness (QED) is 0.671. The molecule has 28 heavy (non-hydrogen) atoms. The molecule has 7 nitrogen and oxygen atoms in total. The minimum Gasteiger partial charge on any atom is -0.454 e. The Hall–Kier alpha value is -2.79. The molecular weight excluding hydrogens is 401 g/mol. The smallest absolute Gasteiger partial charge is 0.437 e. The fourth-order valence-corrected chi connectivity index (χ4v) is 4.00. The summed E-state index contributed by atoms with van der Waals surface area (Å²) < 4.78 is 51.7. The van der Waals surface area contributed by atoms with E-state index >= 15 is 0 Å². The van der Waals surface area contributed by atoms with Gasteiger partial charge in [-0.05, 0) is 29.1 Å². The predicted molar refractivity (Wildman–Crippen MR) is 90.1 cm³/mol. The number of amides is 2. The lowest BCUT2D eigenvalue weighted by molar-refractivity contribution is -0.287. The first-order valence-corrected chi connectivity index (χ1v) is 8.94. The van der Waals surface area contributed by atoms with Gasteiger partial charge in [-0.25, -0.2) is 4.79 Å². The third kappa shape index (κ3) is 2.87. The number of hydrogen-bond donors (Lipinski definition) is 3. The highest BCUT2D eigenvalue weighted by Crippen LogP contribution is 2.45. The van der Waals surface area contributed by atoms with Crippen molar-refractivity contribution in [2.24, 2.45) is 5.92 Å². The number of ketones is 1. The highest BCUT2D eigenvalue weighted by Gasteiger charge is 2.66. The van der Waals surface area contributed by atoms with Crippen LogP contribution in [-0.4, -0.2) is 35.6 Å². The molecule has 3 N–H and O–H groups in total. The Morgan fingerprint density at radius 3 is 2.68 bits per heavy atom. The van der Waals surface area contributed by atoms with Crippen molar-refractivity contribution in [1.82, 2.24) is 10.6 Å². The molecular formula is C17H13F3N2O5S. The molecule has 2 amide bonds. The average molecular weight is 414 g/mol. The number of Topliss-reactive ketones (excluding diaryl/α,β-unsaturated/α-hetero) is 1. The van der Waals surface area contributed by atoms with E-state index in [2.05, 4.69) is 5.32 Å². The van der Waals surface area contributed by atoms with E-state index in [9.17, 15) is 27.9 Å². The van der Waals surface area contributed by atoms with Gasteiger partial charge in [0.1, 0.15) is 5.92 Å². The fraction of sp³-hybridized carbons (Fsp3) is 0.294. The van der Waals surface area contributed by atoms with Crippen LogP contribution in [0.25, 0.3) is 0 Å². The summed E-state index contributed by atoms with van der Waals surface area (Å²) in [5.41, 5.74) is -3.59. The molecule has 2 aliphatic heterocycles. The van der Waals surface area contributed by atoms with Crippen molar-refractivity contribution < 1.29 is 37.3 Å². The van der Waals surface area contributed by atoms with Gasteiger partial charge < -0.3 is 25.2 Å². The second-order valence-electron chi connectivity index (χ2n) is 6.27. The monoisotopic (exact) mass is 414 g/mol. The Morgan fingerprint density at radius 1 is 1.25 bits per heavy atom. The van der Waals surface area contributed by atoms with Crippen molar-refractivity contribution in [3.63, 3.8) is 0 Å². The first-order valence-electron chi connectivity index (χ1n) is 8.06. The number of carbonyl (C=O) groups is 2. The maximum atomic E-state index is 13.8. The lowest BCUT2D eigenvalue weighted by Gasteiger charge is -2.44. The second kappa shape index (κ2) is 6.38. The molecule has 0 aliphatic carbocycles. The van der Waals surface area contributed by atoms with E-state index in [0.29, 0.717) is 5.75 Å². The van der Waals surface area contributed by atoms with Gasteiger partial charge in [-0.15, -0.1) is 11.3 Å². The summed E-state index contributed by atoms with van der Waals surface area (Å²) in [6.07, 6.45) is -5.29. The number of nitrogens with one attached hydrogen (secondary N) is 2. The summed E-state index contributed by atoms with van der Waals surface area (Å²) in [5.74, 6) is -2.37. The Morgan fingerprint density at radius 2 is 2.00 bits per heavy atom. The van der Waals surface area contributed by atoms with Crippen LogP contribution in [0.2, 0.25) is 0 Å². The number of alkyl halides is 3. The van der Waals surface area contributed by atoms with Gasteiger partial charge in [-0.2, -0.15) is 13.2 Å². The number of ether oxygens (including phenoxy) is 2. The van der Waals surface area contributed by atoms with Crippen LogP contribution in [0, 0.1) is 5.92 Å². The number of urea groups is 1. The highest BCUT2D eigenvalue weighted by atomic mass is 32.1. The molecule has 1 saturated heterocycles. The maximum Gasteiger partial charge on any atom is 0.437 e. The number of aliphatic hydroxyl groups is 1. The van der Waals surface area contributed by atoms with Crippen LogP contribution in [0.1, 0.15) is 21.3 Å². The van der Waals surface area contributed by atoms with E-state index in [1.807, 2.05) is 0 Å². The maximum absolute atomic E-state index is 13.8. The van der Waals surface area contributed by atoms with Gasteiger partial charge in [0.05, 0.1) is 10.9 Å². The Labute approximate surface area is 160 Å². The van der Waals surface area contributed by atoms with E-state index < -0.39 is 35.7 Å². The zero-order chi connectivity index (χ0) is 20.1. The topological polar surface area (TPSA) is 96.9 Å². The number of thiophene rings is 1. The molecule has 0 saturated carbocycles. The van der Waals surface area contributed by atoms with Crippen LogP contribution >= 0.6 is 11.3 Å². The largest absolute Gasteiger partial charge is 0.454 e. The standard InChI is InChI=1S/C17H13F3N2O5S/c18-17(19,20)16(25)12(14(23)11-2-1-5-28-11)13(21-15(24)22-16)8-3-4-9-10(6-8)27-7-26-9/h1-6,12-13,25H,7H2,(H2,21,22,24)/t12-,13-,16+/m1/s1. The van der Waals surface area contributed by atoms with Crippen LogP contribution in [0.5, 0.6) is 11.5 Å². The number of benzene rings is 1. The third-order valence-corrected chi connectivity index (χ3v) is 5.49. The van der Waals surface area contributed by atoms with Gasteiger partial charge in [0, 0.05) is 0 Å². The molecule has 0 spiro atoms. The molecule has 0 bridgehead atoms. The lowest BCUT2D eigenvalue weighted by atomic mass is 9.78. The van der Waals surface area contributed by atoms with Gasteiger partial charge in [0.15, 0.2) is 17.3 Å². The summed E-state index contributed by atoms with van der Waals surface area (Å²) in [6.45, 7) is -0.0542. The molecule has 0 radical (unpaired) electrons. The Kier molecular flexibility index (Phi) is 4.23. The van der Waals surface area contributed by atoms with Gasteiger partial charge in [0.2, 0.25) is 12.5 Å². The summed E-state index contributed by atoms with van der Waals surface area (Å²) in [6, 6.07) is 4.42. The average Bonchev–Trinajstić information content (AvgIpc) is 3.30. The summed E-state index contributed by atoms with van der Waals surface area (Å²) >= 11 is 0.941. The molecule has 3 atom stereocenters. The minimum atomic E-state index is -5.29. The van der Waals surface area contributed by atoms with Crippen LogP contribution in [0.3, 0.4) is 0 Å². The SMILES string of the molecule is O=C1N[C@H](c2ccc3c(c2)OCO3)[C@H](C(=O)c2cccs2)[C@](O)(C(F)(F)F)N1. The molecule has 148 valence electrons. The number of halogens is 3. The number of carbonyl (C=O) groups excluding carboxylic acids is 2. The van der Waals surface area contributed by atoms with E-state index in [-0.39, 0.29) is 23.0 Å². The summed E-state index contributed by atoms with van der Waals surface area (Å²) in [5, 5.41) is 15.8. The first-order chi connectivity index (χ1) is 13.2. The van der Waals surface area contributed by atoms with Crippen molar-refractivity contribution in [1.29, 1.82) is 0 Å². The van der Waals surface area contributed by atoms with Crippen molar-refractivity contribution in [2.45, 2.75) is 17.9 Å². The van der Waals surface area contributed by atoms with Gasteiger partial charge >= 0.3 is 12.2 Å². The van der Waals surface area contributed by atoms with Crippen LogP contribution < -0.4 is 20.1 Å². The number of rotatable bonds is 3. The molecule has 1 aromatic carbocycles. The predicted octanol–water partition coefficient (Wildman–Crippen LogP) is 2.58. The van der Waals surface area contributed by atoms with Crippen molar-refractivity contribution in [2.75, 3.05) is 6.79 Å². The zero-order valence-corrected chi connectivity index (χ0v) is 14.8. The summed E-state index contributed by atoms with van der Waals surface area (Å²) in [4.78, 5) is 24.9.